The number of nitrogens with one attached hydrogen (secondary N) is 1. The molecule has 1 amide bonds. The average Bonchev–Trinajstić information content (AvgIpc) is 2.64. The number of rotatable bonds is 9. The van der Waals surface area contributed by atoms with Crippen molar-refractivity contribution in [2.45, 2.75) is 52.5 Å². The van der Waals surface area contributed by atoms with E-state index in [-0.39, 0.29) is 5.91 Å². The maximum Gasteiger partial charge on any atom is 0.248 e. The molecule has 0 radical (unpaired) electrons. The fourth-order valence-electron chi connectivity index (χ4n) is 3.19. The van der Waals surface area contributed by atoms with Crippen molar-refractivity contribution in [3.8, 4) is 0 Å². The van der Waals surface area contributed by atoms with E-state index in [1.807, 2.05) is 44.2 Å². The van der Waals surface area contributed by atoms with Crippen molar-refractivity contribution in [2.24, 2.45) is 0 Å². The van der Waals surface area contributed by atoms with Crippen molar-refractivity contribution >= 4 is 27.3 Å². The maximum atomic E-state index is 12.9. The normalized spacial score (nSPS) is 12.4. The minimum absolute atomic E-state index is 0.337. The molecule has 0 heterocycles. The summed E-state index contributed by atoms with van der Waals surface area (Å²) in [6.45, 7) is 5.86. The molecule has 0 spiro atoms. The number of hydrogen-bond acceptors (Lipinski definition) is 3. The minimum atomic E-state index is -3.63. The lowest BCUT2D eigenvalue weighted by atomic mass is 10.1. The molecule has 1 N–H and O–H groups in total. The summed E-state index contributed by atoms with van der Waals surface area (Å²) in [5.41, 5.74) is 3.33. The van der Waals surface area contributed by atoms with Gasteiger partial charge in [-0.05, 0) is 61.6 Å². The van der Waals surface area contributed by atoms with Crippen LogP contribution in [-0.4, -0.2) is 26.6 Å². The fourth-order valence-corrected chi connectivity index (χ4v) is 4.39. The molecule has 5 nitrogen and oxygen atoms in total. The Morgan fingerprint density at radius 2 is 1.79 bits per heavy atom. The molecule has 0 fully saturated rings. The van der Waals surface area contributed by atoms with E-state index in [9.17, 15) is 13.2 Å². The van der Waals surface area contributed by atoms with Gasteiger partial charge in [-0.1, -0.05) is 44.5 Å². The molecule has 0 aliphatic rings. The molecule has 1 atom stereocenters. The van der Waals surface area contributed by atoms with Gasteiger partial charge in [0.2, 0.25) is 15.9 Å². The monoisotopic (exact) mass is 402 g/mol. The zero-order chi connectivity index (χ0) is 20.7. The topological polar surface area (TPSA) is 66.5 Å². The molecule has 6 heteroatoms. The van der Waals surface area contributed by atoms with E-state index in [2.05, 4.69) is 12.2 Å². The first kappa shape index (κ1) is 22.0. The van der Waals surface area contributed by atoms with Gasteiger partial charge in [-0.3, -0.25) is 9.10 Å². The van der Waals surface area contributed by atoms with Gasteiger partial charge < -0.3 is 5.32 Å². The predicted molar refractivity (Wildman–Crippen MR) is 116 cm³/mol. The van der Waals surface area contributed by atoms with E-state index in [1.54, 1.807) is 18.2 Å². The highest BCUT2D eigenvalue weighted by molar-refractivity contribution is 7.92. The number of amides is 1. The lowest BCUT2D eigenvalue weighted by Crippen LogP contribution is -2.47. The number of carbonyl (C=O) groups is 1. The number of sulfonamides is 1. The lowest BCUT2D eigenvalue weighted by Gasteiger charge is -2.30. The van der Waals surface area contributed by atoms with Crippen molar-refractivity contribution in [3.63, 3.8) is 0 Å². The van der Waals surface area contributed by atoms with Crippen molar-refractivity contribution in [2.75, 3.05) is 15.9 Å². The van der Waals surface area contributed by atoms with Crippen LogP contribution in [-0.2, 0) is 21.2 Å². The molecule has 2 aromatic rings. The van der Waals surface area contributed by atoms with Crippen molar-refractivity contribution in [3.05, 3.63) is 59.7 Å². The van der Waals surface area contributed by atoms with Crippen LogP contribution in [0.5, 0.6) is 0 Å². The maximum absolute atomic E-state index is 12.9. The van der Waals surface area contributed by atoms with Crippen LogP contribution in [0.1, 0.15) is 44.2 Å². The second-order valence-electron chi connectivity index (χ2n) is 7.11. The van der Waals surface area contributed by atoms with Gasteiger partial charge in [-0.15, -0.1) is 0 Å². The predicted octanol–water partition coefficient (Wildman–Crippen LogP) is 4.52. The number of nitrogens with zero attached hydrogens (tertiary/aromatic N) is 1. The summed E-state index contributed by atoms with van der Waals surface area (Å²) in [6.07, 6.45) is 4.77. The van der Waals surface area contributed by atoms with Crippen molar-refractivity contribution in [1.29, 1.82) is 0 Å². The lowest BCUT2D eigenvalue weighted by molar-refractivity contribution is -0.117. The minimum Gasteiger partial charge on any atom is -0.324 e. The van der Waals surface area contributed by atoms with Gasteiger partial charge >= 0.3 is 0 Å². The number of benzene rings is 2. The first-order valence-corrected chi connectivity index (χ1v) is 11.6. The Kier molecular flexibility index (Phi) is 7.63. The number of anilines is 2. The molecule has 0 aliphatic heterocycles. The standard InChI is InChI=1S/C22H30N2O3S/c1-5-7-10-18-12-14-19(15-13-18)23-22(25)21(6-2)24(28(4,26)27)20-11-8-9-17(3)16-20/h8-9,11-16,21H,5-7,10H2,1-4H3,(H,23,25)/t21-/m0/s1. The van der Waals surface area contributed by atoms with Crippen molar-refractivity contribution in [1.82, 2.24) is 0 Å². The van der Waals surface area contributed by atoms with E-state index in [0.29, 0.717) is 17.8 Å². The van der Waals surface area contributed by atoms with Gasteiger partial charge in [0.25, 0.3) is 0 Å². The Morgan fingerprint density at radius 1 is 1.11 bits per heavy atom. The summed E-state index contributed by atoms with van der Waals surface area (Å²) < 4.78 is 26.2. The van der Waals surface area contributed by atoms with Crippen molar-refractivity contribution < 1.29 is 13.2 Å². The molecule has 0 aromatic heterocycles. The summed E-state index contributed by atoms with van der Waals surface area (Å²) in [5, 5.41) is 2.87. The summed E-state index contributed by atoms with van der Waals surface area (Å²) in [7, 11) is -3.63. The third kappa shape index (κ3) is 5.83. The van der Waals surface area contributed by atoms with E-state index in [4.69, 9.17) is 0 Å². The smallest absolute Gasteiger partial charge is 0.248 e. The second-order valence-corrected chi connectivity index (χ2v) is 8.97. The molecule has 0 saturated carbocycles. The second kappa shape index (κ2) is 9.73. The fraction of sp³-hybridized carbons (Fsp3) is 0.409. The van der Waals surface area contributed by atoms with Gasteiger partial charge in [0.15, 0.2) is 0 Å². The Hall–Kier alpha value is -2.34. The highest BCUT2D eigenvalue weighted by Gasteiger charge is 2.31. The van der Waals surface area contributed by atoms with Crippen LogP contribution in [0, 0.1) is 6.92 Å². The van der Waals surface area contributed by atoms with E-state index in [0.717, 1.165) is 31.1 Å². The SMILES string of the molecule is CCCCc1ccc(NC(=O)[C@H](CC)N(c2cccc(C)c2)S(C)(=O)=O)cc1. The van der Waals surface area contributed by atoms with E-state index in [1.165, 1.54) is 9.87 Å². The third-order valence-electron chi connectivity index (χ3n) is 4.63. The third-order valence-corrected chi connectivity index (χ3v) is 5.81. The molecule has 0 saturated heterocycles. The average molecular weight is 403 g/mol. The highest BCUT2D eigenvalue weighted by Crippen LogP contribution is 2.24. The zero-order valence-corrected chi connectivity index (χ0v) is 17.9. The molecular weight excluding hydrogens is 372 g/mol. The summed E-state index contributed by atoms with van der Waals surface area (Å²) in [4.78, 5) is 12.9. The van der Waals surface area contributed by atoms with Gasteiger partial charge in [0, 0.05) is 5.69 Å². The van der Waals surface area contributed by atoms with Crippen LogP contribution >= 0.6 is 0 Å². The number of carbonyl (C=O) groups excluding carboxylic acids is 1. The molecule has 28 heavy (non-hydrogen) atoms. The molecule has 2 aromatic carbocycles. The van der Waals surface area contributed by atoms with Crippen LogP contribution in [0.15, 0.2) is 48.5 Å². The Balaban J connectivity index is 2.24. The van der Waals surface area contributed by atoms with Crippen LogP contribution in [0.25, 0.3) is 0 Å². The van der Waals surface area contributed by atoms with Gasteiger partial charge in [0.1, 0.15) is 6.04 Å². The zero-order valence-electron chi connectivity index (χ0n) is 17.1. The molecule has 152 valence electrons. The number of aryl methyl sites for hydroxylation is 2. The Morgan fingerprint density at radius 3 is 2.32 bits per heavy atom. The summed E-state index contributed by atoms with van der Waals surface area (Å²) >= 11 is 0. The first-order valence-electron chi connectivity index (χ1n) is 9.72. The molecule has 0 aliphatic carbocycles. The van der Waals surface area contributed by atoms with E-state index < -0.39 is 16.1 Å². The number of unbranched alkanes of at least 4 members (excludes halogenated alkanes) is 1. The Labute approximate surface area is 168 Å². The van der Waals surface area contributed by atoms with Gasteiger partial charge in [0.05, 0.1) is 11.9 Å². The number of hydrogen-bond donors (Lipinski definition) is 1. The Bertz CT molecular complexity index is 892. The summed E-state index contributed by atoms with van der Waals surface area (Å²) in [5.74, 6) is -0.337. The molecular formula is C22H30N2O3S. The summed E-state index contributed by atoms with van der Waals surface area (Å²) in [6, 6.07) is 14.1. The van der Waals surface area contributed by atoms with Crippen LogP contribution < -0.4 is 9.62 Å². The molecule has 0 unspecified atom stereocenters. The van der Waals surface area contributed by atoms with Gasteiger partial charge in [-0.25, -0.2) is 8.42 Å². The van der Waals surface area contributed by atoms with Crippen LogP contribution in [0.2, 0.25) is 0 Å². The first-order chi connectivity index (χ1) is 13.3. The highest BCUT2D eigenvalue weighted by atomic mass is 32.2. The van der Waals surface area contributed by atoms with E-state index >= 15 is 0 Å². The van der Waals surface area contributed by atoms with Crippen LogP contribution in [0.4, 0.5) is 11.4 Å². The van der Waals surface area contributed by atoms with Gasteiger partial charge in [-0.2, -0.15) is 0 Å². The van der Waals surface area contributed by atoms with Crippen LogP contribution in [0.3, 0.4) is 0 Å². The molecule has 2 rings (SSSR count). The molecule has 0 bridgehead atoms. The quantitative estimate of drug-likeness (QED) is 0.670. The largest absolute Gasteiger partial charge is 0.324 e.